The highest BCUT2D eigenvalue weighted by atomic mass is 35.5. The van der Waals surface area contributed by atoms with Crippen LogP contribution in [-0.4, -0.2) is 61.3 Å². The molecule has 0 N–H and O–H groups in total. The zero-order chi connectivity index (χ0) is 28.7. The zero-order valence-corrected chi connectivity index (χ0v) is 24.9. The maximum Gasteiger partial charge on any atom is 0.273 e. The first-order chi connectivity index (χ1) is 18.2. The molecule has 2 bridgehead atoms. The van der Waals surface area contributed by atoms with Gasteiger partial charge in [0, 0.05) is 16.1 Å². The van der Waals surface area contributed by atoms with E-state index in [4.69, 9.17) is 85.9 Å². The van der Waals surface area contributed by atoms with Gasteiger partial charge >= 0.3 is 0 Å². The first-order valence-corrected chi connectivity index (χ1v) is 13.8. The second kappa shape index (κ2) is 9.69. The van der Waals surface area contributed by atoms with E-state index >= 15 is 0 Å². The maximum absolute atomic E-state index is 13.9. The van der Waals surface area contributed by atoms with Crippen LogP contribution in [0.3, 0.4) is 0 Å². The molecule has 3 aliphatic rings. The Morgan fingerprint density at radius 3 is 1.92 bits per heavy atom. The van der Waals surface area contributed by atoms with Gasteiger partial charge in [0.2, 0.25) is 0 Å². The number of hydrazine groups is 1. The fourth-order valence-electron chi connectivity index (χ4n) is 5.22. The molecule has 2 aliphatic carbocycles. The van der Waals surface area contributed by atoms with Crippen molar-refractivity contribution in [2.75, 3.05) is 13.7 Å². The lowest BCUT2D eigenvalue weighted by Gasteiger charge is -2.36. The van der Waals surface area contributed by atoms with Crippen molar-refractivity contribution in [3.05, 3.63) is 74.7 Å². The fourth-order valence-corrected chi connectivity index (χ4v) is 8.27. The Morgan fingerprint density at radius 1 is 0.872 bits per heavy atom. The van der Waals surface area contributed by atoms with Crippen molar-refractivity contribution in [1.29, 1.82) is 0 Å². The minimum absolute atomic E-state index is 0.0397. The Morgan fingerprint density at radius 2 is 1.41 bits per heavy atom. The standard InChI is InChI=1S/C25H15Cl7N2O5/c1-39-14-4-2-3-12(9-14)15(35)10-33(20(36)11-5-7-13(26)8-6-11)34-21(37)16-17(22(34)38)24(30)19(28)18(27)23(16,29)25(24,31)32/h2-9,16-17H,10H2,1H3/t16-,17-,23+,24+/m0/s1. The van der Waals surface area contributed by atoms with Gasteiger partial charge in [-0.25, -0.2) is 5.01 Å². The largest absolute Gasteiger partial charge is 0.497 e. The zero-order valence-electron chi connectivity index (χ0n) is 19.6. The summed E-state index contributed by atoms with van der Waals surface area (Å²) in [5.41, 5.74) is 0.205. The van der Waals surface area contributed by atoms with Crippen LogP contribution in [0.25, 0.3) is 0 Å². The van der Waals surface area contributed by atoms with E-state index in [1.807, 2.05) is 0 Å². The Balaban J connectivity index is 1.59. The SMILES string of the molecule is COc1cccc(C(=O)CN(C(=O)c2ccc(Cl)cc2)N2C(=O)[C@@H]3[C@@H](C2=O)[C@@]2(Cl)C(Cl)=C(Cl)[C@@]3(Cl)C2(Cl)Cl)c1. The van der Waals surface area contributed by atoms with E-state index in [0.717, 1.165) is 5.01 Å². The van der Waals surface area contributed by atoms with Crippen molar-refractivity contribution >= 4 is 105 Å². The lowest BCUT2D eigenvalue weighted by molar-refractivity contribution is -0.154. The molecule has 4 atom stereocenters. The fraction of sp³-hybridized carbons (Fsp3) is 0.280. The van der Waals surface area contributed by atoms with E-state index in [1.54, 1.807) is 12.1 Å². The van der Waals surface area contributed by atoms with Crippen molar-refractivity contribution in [2.24, 2.45) is 11.8 Å². The number of nitrogens with zero attached hydrogens (tertiary/aromatic N) is 2. The molecule has 7 nitrogen and oxygen atoms in total. The number of allylic oxidation sites excluding steroid dienone is 2. The molecular formula is C25H15Cl7N2O5. The van der Waals surface area contributed by atoms with Crippen molar-refractivity contribution in [1.82, 2.24) is 10.0 Å². The summed E-state index contributed by atoms with van der Waals surface area (Å²) in [6.45, 7) is -0.710. The van der Waals surface area contributed by atoms with E-state index < -0.39 is 56.0 Å². The van der Waals surface area contributed by atoms with Gasteiger partial charge in [-0.1, -0.05) is 70.1 Å². The van der Waals surface area contributed by atoms with Crippen molar-refractivity contribution in [3.8, 4) is 5.75 Å². The van der Waals surface area contributed by atoms with E-state index in [1.165, 1.54) is 43.5 Å². The molecule has 39 heavy (non-hydrogen) atoms. The monoisotopic (exact) mass is 668 g/mol. The summed E-state index contributed by atoms with van der Waals surface area (Å²) in [6.07, 6.45) is 0. The number of halogens is 7. The van der Waals surface area contributed by atoms with Crippen molar-refractivity contribution in [2.45, 2.75) is 14.1 Å². The van der Waals surface area contributed by atoms with Crippen LogP contribution in [0.5, 0.6) is 5.75 Å². The highest BCUT2D eigenvalue weighted by molar-refractivity contribution is 6.66. The third-order valence-electron chi connectivity index (χ3n) is 7.14. The lowest BCUT2D eigenvalue weighted by Crippen LogP contribution is -2.56. The van der Waals surface area contributed by atoms with Crippen LogP contribution in [-0.2, 0) is 9.59 Å². The number of methoxy groups -OCH3 is 1. The molecular weight excluding hydrogens is 656 g/mol. The van der Waals surface area contributed by atoms with Crippen LogP contribution >= 0.6 is 81.2 Å². The Labute approximate surface area is 257 Å². The number of fused-ring (bicyclic) bond motifs is 5. The number of benzene rings is 2. The van der Waals surface area contributed by atoms with Gasteiger partial charge in [0.15, 0.2) is 10.1 Å². The second-order valence-corrected chi connectivity index (χ2v) is 12.8. The highest BCUT2D eigenvalue weighted by Gasteiger charge is 2.88. The molecule has 2 aromatic carbocycles. The van der Waals surface area contributed by atoms with Crippen LogP contribution < -0.4 is 4.74 Å². The summed E-state index contributed by atoms with van der Waals surface area (Å²) < 4.78 is 3.02. The second-order valence-electron chi connectivity index (χ2n) is 9.09. The average Bonchev–Trinajstić information content (AvgIpc) is 3.30. The van der Waals surface area contributed by atoms with Crippen LogP contribution in [0.1, 0.15) is 20.7 Å². The molecule has 0 radical (unpaired) electrons. The van der Waals surface area contributed by atoms with Gasteiger partial charge in [-0.2, -0.15) is 5.01 Å². The van der Waals surface area contributed by atoms with E-state index in [0.29, 0.717) is 15.8 Å². The minimum Gasteiger partial charge on any atom is -0.497 e. The average molecular weight is 672 g/mol. The lowest BCUT2D eigenvalue weighted by atomic mass is 9.84. The number of ketones is 1. The summed E-state index contributed by atoms with van der Waals surface area (Å²) in [7, 11) is 1.43. The summed E-state index contributed by atoms with van der Waals surface area (Å²) in [5.74, 6) is -5.98. The number of rotatable bonds is 6. The van der Waals surface area contributed by atoms with Gasteiger partial charge in [-0.05, 0) is 36.4 Å². The highest BCUT2D eigenvalue weighted by Crippen LogP contribution is 2.77. The van der Waals surface area contributed by atoms with Crippen LogP contribution in [0, 0.1) is 11.8 Å². The molecule has 5 rings (SSSR count). The number of carbonyl (C=O) groups is 4. The molecule has 2 aromatic rings. The van der Waals surface area contributed by atoms with Gasteiger partial charge in [-0.15, -0.1) is 23.2 Å². The number of hydrogen-bond acceptors (Lipinski definition) is 5. The predicted octanol–water partition coefficient (Wildman–Crippen LogP) is 6.04. The first-order valence-electron chi connectivity index (χ1n) is 11.2. The van der Waals surface area contributed by atoms with E-state index in [-0.39, 0.29) is 21.2 Å². The Bertz CT molecular complexity index is 1430. The molecule has 14 heteroatoms. The van der Waals surface area contributed by atoms with Crippen LogP contribution in [0.15, 0.2) is 58.6 Å². The number of ether oxygens (including phenoxy) is 1. The molecule has 0 aromatic heterocycles. The smallest absolute Gasteiger partial charge is 0.273 e. The third kappa shape index (κ3) is 3.78. The summed E-state index contributed by atoms with van der Waals surface area (Å²) in [6, 6.07) is 11.8. The number of alkyl halides is 4. The molecule has 204 valence electrons. The maximum atomic E-state index is 13.9. The molecule has 0 spiro atoms. The third-order valence-corrected chi connectivity index (χ3v) is 11.6. The molecule has 0 unspecified atom stereocenters. The molecule has 1 aliphatic heterocycles. The first kappa shape index (κ1) is 28.8. The number of Topliss-reactive ketones (excluding diaryl/α,β-unsaturated/α-hetero) is 1. The molecule has 1 heterocycles. The predicted molar refractivity (Wildman–Crippen MR) is 149 cm³/mol. The van der Waals surface area contributed by atoms with E-state index in [2.05, 4.69) is 0 Å². The number of hydrogen-bond donors (Lipinski definition) is 0. The number of imide groups is 1. The molecule has 1 saturated carbocycles. The minimum atomic E-state index is -2.15. The topological polar surface area (TPSA) is 84.0 Å². The normalized spacial score (nSPS) is 28.7. The van der Waals surface area contributed by atoms with Crippen LogP contribution in [0.2, 0.25) is 5.02 Å². The van der Waals surface area contributed by atoms with Gasteiger partial charge in [0.1, 0.15) is 22.0 Å². The quantitative estimate of drug-likeness (QED) is 0.213. The number of amides is 3. The van der Waals surface area contributed by atoms with Gasteiger partial charge in [0.25, 0.3) is 17.7 Å². The van der Waals surface area contributed by atoms with Crippen molar-refractivity contribution in [3.63, 3.8) is 0 Å². The van der Waals surface area contributed by atoms with Gasteiger partial charge < -0.3 is 4.74 Å². The molecule has 3 amide bonds. The van der Waals surface area contributed by atoms with Gasteiger partial charge in [-0.3, -0.25) is 19.2 Å². The molecule has 2 fully saturated rings. The van der Waals surface area contributed by atoms with Crippen molar-refractivity contribution < 1.29 is 23.9 Å². The summed E-state index contributed by atoms with van der Waals surface area (Å²) in [5, 5.41) is 1.05. The van der Waals surface area contributed by atoms with E-state index in [9.17, 15) is 19.2 Å². The van der Waals surface area contributed by atoms with Gasteiger partial charge in [0.05, 0.1) is 29.0 Å². The van der Waals surface area contributed by atoms with Crippen LogP contribution in [0.4, 0.5) is 0 Å². The Hall–Kier alpha value is -1.71. The number of carbonyl (C=O) groups excluding carboxylic acids is 4. The Kier molecular flexibility index (Phi) is 7.16. The summed E-state index contributed by atoms with van der Waals surface area (Å²) >= 11 is 45.3. The summed E-state index contributed by atoms with van der Waals surface area (Å²) in [4.78, 5) is 50.7. The molecule has 1 saturated heterocycles.